The number of aryl methyl sites for hydroxylation is 1. The lowest BCUT2D eigenvalue weighted by atomic mass is 10.2. The van der Waals surface area contributed by atoms with Crippen molar-refractivity contribution in [2.24, 2.45) is 0 Å². The molecule has 0 bridgehead atoms. The highest BCUT2D eigenvalue weighted by Gasteiger charge is 2.17. The minimum absolute atomic E-state index is 0.0550. The van der Waals surface area contributed by atoms with Gasteiger partial charge in [0.2, 0.25) is 0 Å². The first-order chi connectivity index (χ1) is 14.1. The number of nitrogens with one attached hydrogen (secondary N) is 2. The highest BCUT2D eigenvalue weighted by Crippen LogP contribution is 2.22. The van der Waals surface area contributed by atoms with Crippen LogP contribution in [0.2, 0.25) is 0 Å². The third-order valence-electron chi connectivity index (χ3n) is 4.07. The average Bonchev–Trinajstić information content (AvgIpc) is 3.09. The largest absolute Gasteiger partial charge is 0.444 e. The molecule has 0 aliphatic heterocycles. The molecule has 8 heteroatoms. The van der Waals surface area contributed by atoms with E-state index < -0.39 is 23.4 Å². The quantitative estimate of drug-likeness (QED) is 0.639. The first-order valence-electron chi connectivity index (χ1n) is 9.34. The normalized spacial score (nSPS) is 11.1. The predicted octanol–water partition coefficient (Wildman–Crippen LogP) is 4.92. The number of hydrogen-bond donors (Lipinski definition) is 2. The summed E-state index contributed by atoms with van der Waals surface area (Å²) in [6.07, 6.45) is 1.02. The SMILES string of the molecule is Cc1ccnn1-c1ccc(C(=O)Nc2cc(NC(=O)OC(C)(C)C)ccc2F)cc1. The molecule has 0 fully saturated rings. The smallest absolute Gasteiger partial charge is 0.412 e. The summed E-state index contributed by atoms with van der Waals surface area (Å²) < 4.78 is 21.1. The Hall–Kier alpha value is -3.68. The van der Waals surface area contributed by atoms with E-state index in [2.05, 4.69) is 15.7 Å². The lowest BCUT2D eigenvalue weighted by Gasteiger charge is -2.19. The highest BCUT2D eigenvalue weighted by atomic mass is 19.1. The first kappa shape index (κ1) is 21.0. The Morgan fingerprint density at radius 1 is 1.03 bits per heavy atom. The van der Waals surface area contributed by atoms with Gasteiger partial charge in [0.05, 0.1) is 11.4 Å². The van der Waals surface area contributed by atoms with Gasteiger partial charge >= 0.3 is 6.09 Å². The van der Waals surface area contributed by atoms with Crippen molar-refractivity contribution in [2.75, 3.05) is 10.6 Å². The van der Waals surface area contributed by atoms with Gasteiger partial charge < -0.3 is 10.1 Å². The Bertz CT molecular complexity index is 1070. The van der Waals surface area contributed by atoms with Gasteiger partial charge in [-0.05, 0) is 76.2 Å². The van der Waals surface area contributed by atoms with Crippen LogP contribution in [0, 0.1) is 12.7 Å². The molecule has 3 rings (SSSR count). The van der Waals surface area contributed by atoms with Gasteiger partial charge in [-0.1, -0.05) is 0 Å². The molecule has 30 heavy (non-hydrogen) atoms. The second-order valence-electron chi connectivity index (χ2n) is 7.71. The highest BCUT2D eigenvalue weighted by molar-refractivity contribution is 6.04. The van der Waals surface area contributed by atoms with Crippen molar-refractivity contribution in [3.05, 3.63) is 71.8 Å². The van der Waals surface area contributed by atoms with Crippen LogP contribution >= 0.6 is 0 Å². The molecular weight excluding hydrogens is 387 g/mol. The zero-order valence-corrected chi connectivity index (χ0v) is 17.2. The van der Waals surface area contributed by atoms with E-state index >= 15 is 0 Å². The molecule has 156 valence electrons. The molecule has 2 N–H and O–H groups in total. The number of aromatic nitrogens is 2. The van der Waals surface area contributed by atoms with E-state index in [1.165, 1.54) is 12.1 Å². The molecule has 1 aromatic heterocycles. The molecule has 1 heterocycles. The number of carbonyl (C=O) groups excluding carboxylic acids is 2. The maximum absolute atomic E-state index is 14.2. The molecule has 0 unspecified atom stereocenters. The number of hydrogen-bond acceptors (Lipinski definition) is 4. The number of anilines is 2. The van der Waals surface area contributed by atoms with E-state index in [4.69, 9.17) is 4.74 Å². The van der Waals surface area contributed by atoms with E-state index in [0.717, 1.165) is 17.4 Å². The van der Waals surface area contributed by atoms with E-state index in [9.17, 15) is 14.0 Å². The molecule has 0 saturated heterocycles. The monoisotopic (exact) mass is 410 g/mol. The number of nitrogens with zero attached hydrogens (tertiary/aromatic N) is 2. The minimum atomic E-state index is -0.670. The molecule has 0 saturated carbocycles. The zero-order valence-electron chi connectivity index (χ0n) is 17.2. The fourth-order valence-electron chi connectivity index (χ4n) is 2.71. The standard InChI is InChI=1S/C22H23FN4O3/c1-14-11-12-24-27(14)17-8-5-15(6-9-17)20(28)26-19-13-16(7-10-18(19)23)25-21(29)30-22(2,3)4/h5-13H,1-4H3,(H,25,29)(H,26,28). The summed E-state index contributed by atoms with van der Waals surface area (Å²) in [5, 5.41) is 9.26. The molecule has 0 radical (unpaired) electrons. The Kier molecular flexibility index (Phi) is 5.86. The van der Waals surface area contributed by atoms with Crippen LogP contribution in [-0.4, -0.2) is 27.4 Å². The molecule has 0 spiro atoms. The molecule has 3 aromatic rings. The van der Waals surface area contributed by atoms with Crippen molar-refractivity contribution in [2.45, 2.75) is 33.3 Å². The van der Waals surface area contributed by atoms with Crippen LogP contribution in [0.4, 0.5) is 20.6 Å². The van der Waals surface area contributed by atoms with Crippen LogP contribution in [0.3, 0.4) is 0 Å². The number of amides is 2. The molecule has 0 atom stereocenters. The van der Waals surface area contributed by atoms with Crippen molar-refractivity contribution in [3.8, 4) is 5.69 Å². The van der Waals surface area contributed by atoms with E-state index in [0.29, 0.717) is 11.3 Å². The molecule has 7 nitrogen and oxygen atoms in total. The van der Waals surface area contributed by atoms with E-state index in [1.54, 1.807) is 55.9 Å². The predicted molar refractivity (Wildman–Crippen MR) is 113 cm³/mol. The Labute approximate surface area is 173 Å². The van der Waals surface area contributed by atoms with Crippen LogP contribution in [0.5, 0.6) is 0 Å². The number of rotatable bonds is 4. The van der Waals surface area contributed by atoms with Gasteiger partial charge in [0, 0.05) is 23.1 Å². The topological polar surface area (TPSA) is 85.3 Å². The molecule has 2 amide bonds. The lowest BCUT2D eigenvalue weighted by molar-refractivity contribution is 0.0635. The fraction of sp³-hybridized carbons (Fsp3) is 0.227. The fourth-order valence-corrected chi connectivity index (χ4v) is 2.71. The second-order valence-corrected chi connectivity index (χ2v) is 7.71. The van der Waals surface area contributed by atoms with Crippen molar-refractivity contribution in [1.82, 2.24) is 9.78 Å². The zero-order chi connectivity index (χ0) is 21.9. The Morgan fingerprint density at radius 3 is 2.33 bits per heavy atom. The van der Waals surface area contributed by atoms with Gasteiger partial charge in [-0.15, -0.1) is 0 Å². The summed E-state index contributed by atoms with van der Waals surface area (Å²) in [5.41, 5.74) is 1.70. The Balaban J connectivity index is 1.71. The van der Waals surface area contributed by atoms with E-state index in [-0.39, 0.29) is 5.69 Å². The number of carbonyl (C=O) groups is 2. The van der Waals surface area contributed by atoms with Crippen LogP contribution in [-0.2, 0) is 4.74 Å². The second kappa shape index (κ2) is 8.36. The number of benzene rings is 2. The van der Waals surface area contributed by atoms with Crippen molar-refractivity contribution in [3.63, 3.8) is 0 Å². The summed E-state index contributed by atoms with van der Waals surface area (Å²) in [4.78, 5) is 24.4. The maximum Gasteiger partial charge on any atom is 0.412 e. The minimum Gasteiger partial charge on any atom is -0.444 e. The van der Waals surface area contributed by atoms with Crippen molar-refractivity contribution in [1.29, 1.82) is 0 Å². The first-order valence-corrected chi connectivity index (χ1v) is 9.34. The van der Waals surface area contributed by atoms with Crippen LogP contribution < -0.4 is 10.6 Å². The van der Waals surface area contributed by atoms with Gasteiger partial charge in [-0.25, -0.2) is 13.9 Å². The summed E-state index contributed by atoms with van der Waals surface area (Å²) in [7, 11) is 0. The molecule has 0 aliphatic carbocycles. The Morgan fingerprint density at radius 2 is 1.73 bits per heavy atom. The van der Waals surface area contributed by atoms with Gasteiger partial charge in [0.1, 0.15) is 11.4 Å². The number of halogens is 1. The summed E-state index contributed by atoms with van der Waals surface area (Å²) in [6.45, 7) is 7.14. The van der Waals surface area contributed by atoms with Crippen LogP contribution in [0.15, 0.2) is 54.7 Å². The van der Waals surface area contributed by atoms with Gasteiger partial charge in [-0.3, -0.25) is 10.1 Å². The van der Waals surface area contributed by atoms with Gasteiger partial charge in [-0.2, -0.15) is 5.10 Å². The summed E-state index contributed by atoms with van der Waals surface area (Å²) >= 11 is 0. The lowest BCUT2D eigenvalue weighted by Crippen LogP contribution is -2.27. The van der Waals surface area contributed by atoms with Crippen LogP contribution in [0.25, 0.3) is 5.69 Å². The van der Waals surface area contributed by atoms with Crippen molar-refractivity contribution < 1.29 is 18.7 Å². The third-order valence-corrected chi connectivity index (χ3v) is 4.07. The summed E-state index contributed by atoms with van der Waals surface area (Å²) in [5.74, 6) is -1.10. The number of ether oxygens (including phenoxy) is 1. The van der Waals surface area contributed by atoms with Gasteiger partial charge in [0.15, 0.2) is 0 Å². The maximum atomic E-state index is 14.2. The van der Waals surface area contributed by atoms with E-state index in [1.807, 2.05) is 13.0 Å². The third kappa shape index (κ3) is 5.22. The average molecular weight is 410 g/mol. The van der Waals surface area contributed by atoms with Gasteiger partial charge in [0.25, 0.3) is 5.91 Å². The molecule has 0 aliphatic rings. The molecule has 2 aromatic carbocycles. The summed E-state index contributed by atoms with van der Waals surface area (Å²) in [6, 6.07) is 12.5. The van der Waals surface area contributed by atoms with Crippen molar-refractivity contribution >= 4 is 23.4 Å². The molecular formula is C22H23FN4O3. The van der Waals surface area contributed by atoms with Crippen LogP contribution in [0.1, 0.15) is 36.8 Å².